The second-order valence-corrected chi connectivity index (χ2v) is 7.04. The van der Waals surface area contributed by atoms with E-state index in [1.54, 1.807) is 0 Å². The predicted octanol–water partition coefficient (Wildman–Crippen LogP) is 4.16. The van der Waals surface area contributed by atoms with E-state index in [1.165, 1.54) is 43.9 Å². The van der Waals surface area contributed by atoms with E-state index < -0.39 is 0 Å². The Morgan fingerprint density at radius 1 is 0.720 bits per heavy atom. The summed E-state index contributed by atoms with van der Waals surface area (Å²) in [6, 6.07) is 17.5. The lowest BCUT2D eigenvalue weighted by molar-refractivity contribution is 0.803. The summed E-state index contributed by atoms with van der Waals surface area (Å²) in [6.07, 6.45) is 18.4. The van der Waals surface area contributed by atoms with E-state index in [1.807, 2.05) is 0 Å². The van der Waals surface area contributed by atoms with Gasteiger partial charge in [-0.15, -0.1) is 0 Å². The normalized spacial score (nSPS) is 24.0. The monoisotopic (exact) mass is 316 g/mol. The van der Waals surface area contributed by atoms with Crippen LogP contribution < -0.4 is 10.4 Å². The van der Waals surface area contributed by atoms with Crippen LogP contribution in [0.25, 0.3) is 23.3 Å². The molecule has 0 heteroatoms. The molecule has 4 aliphatic rings. The van der Waals surface area contributed by atoms with Gasteiger partial charge in [0.15, 0.2) is 0 Å². The maximum Gasteiger partial charge on any atom is 0.0587 e. The number of fused-ring (bicyclic) bond motifs is 7. The van der Waals surface area contributed by atoms with Crippen molar-refractivity contribution in [2.24, 2.45) is 5.41 Å². The van der Waals surface area contributed by atoms with Crippen LogP contribution in [0.4, 0.5) is 0 Å². The minimum Gasteiger partial charge on any atom is -0.0657 e. The number of hydrogen-bond acceptors (Lipinski definition) is 0. The molecule has 0 nitrogen and oxygen atoms in total. The van der Waals surface area contributed by atoms with E-state index in [9.17, 15) is 0 Å². The molecule has 0 amide bonds. The first-order valence-corrected chi connectivity index (χ1v) is 8.80. The highest BCUT2D eigenvalue weighted by molar-refractivity contribution is 6.04. The first-order valence-electron chi connectivity index (χ1n) is 8.80. The minimum absolute atomic E-state index is 0.170. The minimum atomic E-state index is -0.170. The predicted molar refractivity (Wildman–Crippen MR) is 105 cm³/mol. The fourth-order valence-corrected chi connectivity index (χ4v) is 4.74. The summed E-state index contributed by atoms with van der Waals surface area (Å²) in [7, 11) is 0. The van der Waals surface area contributed by atoms with Crippen LogP contribution in [-0.4, -0.2) is 0 Å². The lowest BCUT2D eigenvalue weighted by atomic mass is 9.65. The molecule has 2 aromatic carbocycles. The Morgan fingerprint density at radius 2 is 1.52 bits per heavy atom. The molecule has 4 aliphatic carbocycles. The van der Waals surface area contributed by atoms with Gasteiger partial charge in [-0.2, -0.15) is 0 Å². The molecule has 0 aliphatic heterocycles. The molecule has 1 atom stereocenters. The molecular formula is C25H16. The van der Waals surface area contributed by atoms with Crippen LogP contribution in [0.1, 0.15) is 11.1 Å². The molecule has 0 aromatic heterocycles. The van der Waals surface area contributed by atoms with Crippen molar-refractivity contribution >= 4 is 23.3 Å². The van der Waals surface area contributed by atoms with Crippen molar-refractivity contribution in [1.82, 2.24) is 0 Å². The lowest BCUT2D eigenvalue weighted by Crippen LogP contribution is -2.31. The van der Waals surface area contributed by atoms with Crippen LogP contribution in [0.15, 0.2) is 96.1 Å². The third kappa shape index (κ3) is 1.57. The summed E-state index contributed by atoms with van der Waals surface area (Å²) in [5, 5.41) is 2.69. The third-order valence-corrected chi connectivity index (χ3v) is 5.79. The molecule has 0 N–H and O–H groups in total. The molecule has 1 unspecified atom stereocenters. The second-order valence-electron chi connectivity index (χ2n) is 7.04. The molecule has 0 saturated heterocycles. The Bertz CT molecular complexity index is 1220. The molecule has 0 heterocycles. The molecular weight excluding hydrogens is 300 g/mol. The van der Waals surface area contributed by atoms with Gasteiger partial charge in [-0.05, 0) is 56.0 Å². The molecule has 0 fully saturated rings. The highest BCUT2D eigenvalue weighted by Gasteiger charge is 2.42. The van der Waals surface area contributed by atoms with E-state index in [2.05, 4.69) is 97.1 Å². The van der Waals surface area contributed by atoms with Crippen molar-refractivity contribution < 1.29 is 0 Å². The van der Waals surface area contributed by atoms with Crippen molar-refractivity contribution in [3.05, 3.63) is 118 Å². The van der Waals surface area contributed by atoms with Crippen molar-refractivity contribution in [3.63, 3.8) is 0 Å². The summed E-state index contributed by atoms with van der Waals surface area (Å²) in [5.41, 5.74) is 8.03. The van der Waals surface area contributed by atoms with Crippen LogP contribution in [0.2, 0.25) is 0 Å². The van der Waals surface area contributed by atoms with E-state index in [-0.39, 0.29) is 5.41 Å². The molecule has 25 heavy (non-hydrogen) atoms. The fourth-order valence-electron chi connectivity index (χ4n) is 4.74. The molecule has 6 rings (SSSR count). The maximum absolute atomic E-state index is 2.38. The third-order valence-electron chi connectivity index (χ3n) is 5.79. The number of benzene rings is 2. The Balaban J connectivity index is 1.70. The van der Waals surface area contributed by atoms with Crippen LogP contribution in [0.3, 0.4) is 0 Å². The maximum atomic E-state index is 2.38. The highest BCUT2D eigenvalue weighted by Crippen LogP contribution is 2.55. The molecule has 1 spiro atoms. The number of hydrogen-bond donors (Lipinski definition) is 0. The zero-order chi connectivity index (χ0) is 16.4. The second kappa shape index (κ2) is 4.49. The van der Waals surface area contributed by atoms with Crippen LogP contribution in [-0.2, 0) is 0 Å². The van der Waals surface area contributed by atoms with Gasteiger partial charge < -0.3 is 0 Å². The van der Waals surface area contributed by atoms with Gasteiger partial charge in [0.1, 0.15) is 0 Å². The van der Waals surface area contributed by atoms with Crippen molar-refractivity contribution in [1.29, 1.82) is 0 Å². The Kier molecular flexibility index (Phi) is 2.37. The molecule has 2 aromatic rings. The van der Waals surface area contributed by atoms with Gasteiger partial charge in [0.05, 0.1) is 5.41 Å². The molecule has 0 bridgehead atoms. The lowest BCUT2D eigenvalue weighted by Gasteiger charge is -2.36. The zero-order valence-electron chi connectivity index (χ0n) is 13.7. The molecule has 116 valence electrons. The van der Waals surface area contributed by atoms with E-state index in [0.717, 1.165) is 0 Å². The SMILES string of the molecule is C1=CC2(C=CC=C3C2=Cc2ccccc23)C2=c3ccccc3=CC2=C1. The topological polar surface area (TPSA) is 0 Å². The largest absolute Gasteiger partial charge is 0.0657 e. The molecule has 0 saturated carbocycles. The summed E-state index contributed by atoms with van der Waals surface area (Å²) >= 11 is 0. The smallest absolute Gasteiger partial charge is 0.0587 e. The highest BCUT2D eigenvalue weighted by atomic mass is 14.4. The van der Waals surface area contributed by atoms with E-state index >= 15 is 0 Å². The first-order chi connectivity index (χ1) is 12.4. The van der Waals surface area contributed by atoms with Gasteiger partial charge in [0.2, 0.25) is 0 Å². The van der Waals surface area contributed by atoms with Crippen molar-refractivity contribution in [2.75, 3.05) is 0 Å². The van der Waals surface area contributed by atoms with Crippen LogP contribution in [0.5, 0.6) is 0 Å². The standard InChI is InChI=1S/C25H16/c1-3-10-20-18(8-1)16-23-22(20)12-6-14-25(23)13-5-9-19-15-17-7-2-4-11-21(17)24(19)25/h1-16H. The zero-order valence-corrected chi connectivity index (χ0v) is 13.7. The van der Waals surface area contributed by atoms with Crippen LogP contribution in [0, 0.1) is 5.41 Å². The van der Waals surface area contributed by atoms with Crippen LogP contribution >= 0.6 is 0 Å². The quantitative estimate of drug-likeness (QED) is 0.684. The first kappa shape index (κ1) is 13.2. The van der Waals surface area contributed by atoms with Gasteiger partial charge in [0.25, 0.3) is 0 Å². The van der Waals surface area contributed by atoms with Gasteiger partial charge in [-0.3, -0.25) is 0 Å². The van der Waals surface area contributed by atoms with Gasteiger partial charge >= 0.3 is 0 Å². The summed E-state index contributed by atoms with van der Waals surface area (Å²) in [4.78, 5) is 0. The fraction of sp³-hybridized carbons (Fsp3) is 0.0400. The summed E-state index contributed by atoms with van der Waals surface area (Å²) < 4.78 is 0. The average molecular weight is 316 g/mol. The number of rotatable bonds is 0. The molecule has 0 radical (unpaired) electrons. The van der Waals surface area contributed by atoms with Gasteiger partial charge in [-0.1, -0.05) is 85.0 Å². The summed E-state index contributed by atoms with van der Waals surface area (Å²) in [5.74, 6) is 0. The Hall–Kier alpha value is -3.12. The van der Waals surface area contributed by atoms with Gasteiger partial charge in [-0.25, -0.2) is 0 Å². The Labute approximate surface area is 146 Å². The van der Waals surface area contributed by atoms with Crippen molar-refractivity contribution in [2.45, 2.75) is 0 Å². The van der Waals surface area contributed by atoms with Gasteiger partial charge in [0, 0.05) is 0 Å². The van der Waals surface area contributed by atoms with Crippen molar-refractivity contribution in [3.8, 4) is 0 Å². The summed E-state index contributed by atoms with van der Waals surface area (Å²) in [6.45, 7) is 0. The van der Waals surface area contributed by atoms with E-state index in [4.69, 9.17) is 0 Å². The number of allylic oxidation sites excluding steroid dienone is 9. The average Bonchev–Trinajstić information content (AvgIpc) is 3.22. The van der Waals surface area contributed by atoms with E-state index in [0.29, 0.717) is 0 Å². The Morgan fingerprint density at radius 3 is 2.48 bits per heavy atom.